The molecule has 0 bridgehead atoms. The molecule has 1 saturated carbocycles. The average Bonchev–Trinajstić information content (AvgIpc) is 3.42. The lowest BCUT2D eigenvalue weighted by Crippen LogP contribution is -2.26. The van der Waals surface area contributed by atoms with Gasteiger partial charge in [-0.15, -0.1) is 0 Å². The van der Waals surface area contributed by atoms with Gasteiger partial charge in [0.2, 0.25) is 0 Å². The van der Waals surface area contributed by atoms with Gasteiger partial charge >= 0.3 is 0 Å². The molecule has 1 fully saturated rings. The fourth-order valence-corrected chi connectivity index (χ4v) is 7.33. The lowest BCUT2D eigenvalue weighted by molar-refractivity contribution is 0.820. The van der Waals surface area contributed by atoms with Crippen LogP contribution in [0.2, 0.25) is 0 Å². The van der Waals surface area contributed by atoms with Gasteiger partial charge in [-0.25, -0.2) is 0 Å². The van der Waals surface area contributed by atoms with Crippen molar-refractivity contribution in [2.75, 3.05) is 0 Å². The summed E-state index contributed by atoms with van der Waals surface area (Å²) in [6, 6.07) is 42.6. The van der Waals surface area contributed by atoms with Gasteiger partial charge in [0.05, 0.1) is 5.25 Å². The Morgan fingerprint density at radius 2 is 0.763 bits per heavy atom. The van der Waals surface area contributed by atoms with Crippen LogP contribution in [0.5, 0.6) is 0 Å². The minimum absolute atomic E-state index is 0.0969. The lowest BCUT2D eigenvalue weighted by atomic mass is 9.76. The predicted octanol–water partition coefficient (Wildman–Crippen LogP) is 8.88. The third-order valence-corrected chi connectivity index (χ3v) is 9.82. The molecule has 38 heavy (non-hydrogen) atoms. The maximum Gasteiger partial charge on any atom is 0.0699 e. The fraction of sp³-hybridized carbons (Fsp3) is 0.0882. The number of hydrogen-bond acceptors (Lipinski definition) is 4. The van der Waals surface area contributed by atoms with E-state index in [1.54, 1.807) is 0 Å². The number of benzene rings is 4. The Hall–Kier alpha value is -3.02. The zero-order valence-electron chi connectivity index (χ0n) is 20.5. The maximum absolute atomic E-state index is 6.07. The molecule has 2 aliphatic rings. The van der Waals surface area contributed by atoms with Crippen molar-refractivity contribution in [1.29, 1.82) is 0 Å². The van der Waals surface area contributed by atoms with Crippen LogP contribution in [0.1, 0.15) is 22.3 Å². The zero-order valence-corrected chi connectivity index (χ0v) is 23.8. The smallest absolute Gasteiger partial charge is 0.0699 e. The summed E-state index contributed by atoms with van der Waals surface area (Å²) in [7, 11) is 0. The van der Waals surface area contributed by atoms with Crippen molar-refractivity contribution in [1.82, 2.24) is 0 Å². The van der Waals surface area contributed by atoms with Gasteiger partial charge in [-0.2, -0.15) is 12.6 Å². The second kappa shape index (κ2) is 10.6. The largest absolute Gasteiger partial charge is 0.165 e. The standard InChI is InChI=1S/C34H24S4/c35-31-30(32(36)34(38)33(31)37)29-27(23-17-9-3-10-18-23)25(21-13-5-1-6-14-21)26(22-15-7-2-8-16-22)28(29)24-19-11-4-12-20-24/h1-20,29-30,33,37H. The van der Waals surface area contributed by atoms with Crippen molar-refractivity contribution in [2.24, 2.45) is 11.8 Å². The van der Waals surface area contributed by atoms with Crippen LogP contribution in [0.25, 0.3) is 22.3 Å². The Balaban J connectivity index is 1.77. The highest BCUT2D eigenvalue weighted by Gasteiger charge is 2.49. The molecule has 2 aliphatic carbocycles. The van der Waals surface area contributed by atoms with Crippen LogP contribution in [0.4, 0.5) is 0 Å². The van der Waals surface area contributed by atoms with Crippen molar-refractivity contribution in [2.45, 2.75) is 5.25 Å². The first-order chi connectivity index (χ1) is 18.6. The highest BCUT2D eigenvalue weighted by atomic mass is 32.1. The Morgan fingerprint density at radius 1 is 0.421 bits per heavy atom. The van der Waals surface area contributed by atoms with Crippen molar-refractivity contribution < 1.29 is 0 Å². The van der Waals surface area contributed by atoms with E-state index in [2.05, 4.69) is 121 Å². The molecule has 0 aliphatic heterocycles. The van der Waals surface area contributed by atoms with E-state index in [-0.39, 0.29) is 17.1 Å². The Kier molecular flexibility index (Phi) is 7.07. The Morgan fingerprint density at radius 3 is 1.08 bits per heavy atom. The van der Waals surface area contributed by atoms with E-state index in [0.29, 0.717) is 4.86 Å². The quantitative estimate of drug-likeness (QED) is 0.191. The summed E-state index contributed by atoms with van der Waals surface area (Å²) in [5.74, 6) is -0.291. The molecule has 0 aromatic heterocycles. The molecule has 0 amide bonds. The van der Waals surface area contributed by atoms with Crippen molar-refractivity contribution in [3.05, 3.63) is 144 Å². The van der Waals surface area contributed by atoms with Crippen molar-refractivity contribution >= 4 is 86.2 Å². The molecule has 6 rings (SSSR count). The molecule has 4 aromatic rings. The van der Waals surface area contributed by atoms with E-state index in [1.165, 1.54) is 33.4 Å². The molecule has 0 spiro atoms. The first-order valence-electron chi connectivity index (χ1n) is 12.6. The van der Waals surface area contributed by atoms with Gasteiger partial charge in [-0.1, -0.05) is 158 Å². The summed E-state index contributed by atoms with van der Waals surface area (Å²) in [4.78, 5) is 2.25. The van der Waals surface area contributed by atoms with Gasteiger partial charge in [0.1, 0.15) is 0 Å². The fourth-order valence-electron chi connectivity index (χ4n) is 5.78. The lowest BCUT2D eigenvalue weighted by Gasteiger charge is -2.27. The van der Waals surface area contributed by atoms with Crippen LogP contribution in [0.15, 0.2) is 121 Å². The summed E-state index contributed by atoms with van der Waals surface area (Å²) in [6.45, 7) is 0. The minimum atomic E-state index is -0.285. The number of allylic oxidation sites excluding steroid dienone is 4. The molecular weight excluding hydrogens is 537 g/mol. The third kappa shape index (κ3) is 4.26. The zero-order chi connectivity index (χ0) is 26.2. The van der Waals surface area contributed by atoms with Gasteiger partial charge in [-0.3, -0.25) is 0 Å². The first kappa shape index (κ1) is 25.3. The third-order valence-electron chi connectivity index (χ3n) is 7.39. The van der Waals surface area contributed by atoms with Gasteiger partial charge in [-0.05, 0) is 44.5 Å². The maximum atomic E-state index is 6.07. The van der Waals surface area contributed by atoms with Crippen molar-refractivity contribution in [3.63, 3.8) is 0 Å². The van der Waals surface area contributed by atoms with E-state index < -0.39 is 0 Å². The molecule has 4 aromatic carbocycles. The predicted molar refractivity (Wildman–Crippen MR) is 177 cm³/mol. The summed E-state index contributed by atoms with van der Waals surface area (Å²) in [5.41, 5.74) is 9.55. The number of rotatable bonds is 5. The molecule has 184 valence electrons. The van der Waals surface area contributed by atoms with E-state index in [0.717, 1.165) is 20.9 Å². The van der Waals surface area contributed by atoms with Crippen LogP contribution in [-0.4, -0.2) is 19.8 Å². The Labute approximate surface area is 245 Å². The summed E-state index contributed by atoms with van der Waals surface area (Å²) >= 11 is 22.7. The van der Waals surface area contributed by atoms with Crippen LogP contribution >= 0.6 is 49.3 Å². The normalized spacial score (nSPS) is 20.1. The molecular formula is C34H24S4. The second-order valence-electron chi connectivity index (χ2n) is 9.53. The monoisotopic (exact) mass is 560 g/mol. The van der Waals surface area contributed by atoms with Gasteiger partial charge < -0.3 is 0 Å². The van der Waals surface area contributed by atoms with Gasteiger partial charge in [0.15, 0.2) is 0 Å². The van der Waals surface area contributed by atoms with Crippen molar-refractivity contribution in [3.8, 4) is 0 Å². The van der Waals surface area contributed by atoms with Gasteiger partial charge in [0, 0.05) is 26.4 Å². The molecule has 2 unspecified atom stereocenters. The topological polar surface area (TPSA) is 0 Å². The molecule has 0 N–H and O–H groups in total. The van der Waals surface area contributed by atoms with E-state index >= 15 is 0 Å². The molecule has 2 atom stereocenters. The molecule has 0 nitrogen and oxygen atoms in total. The highest BCUT2D eigenvalue weighted by molar-refractivity contribution is 7.95. The minimum Gasteiger partial charge on any atom is -0.165 e. The number of thiocarbonyl (C=S) groups is 3. The van der Waals surface area contributed by atoms with E-state index in [4.69, 9.17) is 49.3 Å². The summed E-state index contributed by atoms with van der Waals surface area (Å²) < 4.78 is 0. The van der Waals surface area contributed by atoms with Crippen LogP contribution in [-0.2, 0) is 0 Å². The summed E-state index contributed by atoms with van der Waals surface area (Å²) in [5, 5.41) is -0.285. The highest BCUT2D eigenvalue weighted by Crippen LogP contribution is 2.58. The second-order valence-corrected chi connectivity index (χ2v) is 11.4. The van der Waals surface area contributed by atoms with Crippen LogP contribution < -0.4 is 0 Å². The molecule has 4 heteroatoms. The van der Waals surface area contributed by atoms with Crippen LogP contribution in [0, 0.1) is 11.8 Å². The SMILES string of the molecule is S=C1C(=S)C(C2C(c3ccccc3)=C(c3ccccc3)C(c3ccccc3)=C2c2ccccc2)C(=S)C1S. The number of thiol groups is 1. The van der Waals surface area contributed by atoms with Crippen LogP contribution in [0.3, 0.4) is 0 Å². The van der Waals surface area contributed by atoms with E-state index in [1.807, 2.05) is 0 Å². The van der Waals surface area contributed by atoms with E-state index in [9.17, 15) is 0 Å². The number of hydrogen-bond donors (Lipinski definition) is 1. The molecule has 0 saturated heterocycles. The summed E-state index contributed by atoms with van der Waals surface area (Å²) in [6.07, 6.45) is 0. The first-order valence-corrected chi connectivity index (χ1v) is 14.3. The van der Waals surface area contributed by atoms with Gasteiger partial charge in [0.25, 0.3) is 0 Å². The molecule has 0 radical (unpaired) electrons. The molecule has 0 heterocycles. The average molecular weight is 561 g/mol. The Bertz CT molecular complexity index is 1500.